The number of fused-ring (bicyclic) bond motifs is 1. The fourth-order valence-electron chi connectivity index (χ4n) is 2.85. The van der Waals surface area contributed by atoms with E-state index in [0.29, 0.717) is 5.92 Å². The molecular weight excluding hydrogens is 268 g/mol. The summed E-state index contributed by atoms with van der Waals surface area (Å²) in [4.78, 5) is 6.36. The van der Waals surface area contributed by atoms with E-state index >= 15 is 0 Å². The van der Waals surface area contributed by atoms with Gasteiger partial charge in [-0.05, 0) is 50.8 Å². The summed E-state index contributed by atoms with van der Waals surface area (Å²) in [6.45, 7) is 6.45. The van der Waals surface area contributed by atoms with Crippen LogP contribution in [0.25, 0.3) is 10.8 Å². The highest BCUT2D eigenvalue weighted by Crippen LogP contribution is 2.38. The smallest absolute Gasteiger partial charge is 0.165 e. The predicted octanol–water partition coefficient (Wildman–Crippen LogP) is 4.13. The van der Waals surface area contributed by atoms with Gasteiger partial charge >= 0.3 is 0 Å². The van der Waals surface area contributed by atoms with Crippen LogP contribution in [-0.4, -0.2) is 18.1 Å². The zero-order chi connectivity index (χ0) is 13.9. The lowest BCUT2D eigenvalue weighted by molar-refractivity contribution is 0.501. The van der Waals surface area contributed by atoms with E-state index in [1.807, 2.05) is 17.4 Å². The molecule has 0 bridgehead atoms. The molecule has 0 fully saturated rings. The summed E-state index contributed by atoms with van der Waals surface area (Å²) in [7, 11) is 0. The third kappa shape index (κ3) is 2.67. The van der Waals surface area contributed by atoms with Crippen LogP contribution in [0.2, 0.25) is 0 Å². The molecule has 1 aliphatic rings. The van der Waals surface area contributed by atoms with E-state index in [-0.39, 0.29) is 0 Å². The number of aromatic nitrogens is 1. The maximum atomic E-state index is 5.59. The average molecular weight is 290 g/mol. The minimum absolute atomic E-state index is 0.575. The van der Waals surface area contributed by atoms with Crippen LogP contribution in [0, 0.1) is 6.92 Å². The standard InChI is InChI=1S/C16H22N2OS/c1-3-8-17-10-12-5-4-6-13-14(12)18-16(20-13)15-11(2)7-9-19-15/h7,9,12,17H,3-6,8,10H2,1-2H3. The van der Waals surface area contributed by atoms with Gasteiger partial charge in [-0.1, -0.05) is 6.92 Å². The Morgan fingerprint density at radius 3 is 3.15 bits per heavy atom. The second-order valence-corrected chi connectivity index (χ2v) is 6.64. The molecule has 0 saturated heterocycles. The molecule has 2 aromatic heterocycles. The summed E-state index contributed by atoms with van der Waals surface area (Å²) in [5.74, 6) is 1.52. The Hall–Kier alpha value is -1.13. The van der Waals surface area contributed by atoms with E-state index in [9.17, 15) is 0 Å². The monoisotopic (exact) mass is 290 g/mol. The molecule has 1 atom stereocenters. The molecule has 2 aromatic rings. The molecule has 0 saturated carbocycles. The maximum Gasteiger partial charge on any atom is 0.165 e. The molecule has 0 radical (unpaired) electrons. The minimum Gasteiger partial charge on any atom is -0.462 e. The molecule has 1 aliphatic carbocycles. The zero-order valence-corrected chi connectivity index (χ0v) is 13.1. The number of nitrogens with one attached hydrogen (secondary N) is 1. The van der Waals surface area contributed by atoms with Gasteiger partial charge in [-0.3, -0.25) is 0 Å². The van der Waals surface area contributed by atoms with Gasteiger partial charge in [0, 0.05) is 17.3 Å². The highest BCUT2D eigenvalue weighted by Gasteiger charge is 2.25. The summed E-state index contributed by atoms with van der Waals surface area (Å²) < 4.78 is 5.59. The molecule has 2 heterocycles. The predicted molar refractivity (Wildman–Crippen MR) is 83.4 cm³/mol. The van der Waals surface area contributed by atoms with Crippen molar-refractivity contribution in [3.63, 3.8) is 0 Å². The average Bonchev–Trinajstić information content (AvgIpc) is 3.05. The van der Waals surface area contributed by atoms with Crippen molar-refractivity contribution < 1.29 is 4.42 Å². The normalized spacial score (nSPS) is 18.2. The molecule has 20 heavy (non-hydrogen) atoms. The van der Waals surface area contributed by atoms with Crippen LogP contribution in [-0.2, 0) is 6.42 Å². The molecule has 1 unspecified atom stereocenters. The van der Waals surface area contributed by atoms with Gasteiger partial charge in [-0.15, -0.1) is 11.3 Å². The quantitative estimate of drug-likeness (QED) is 0.841. The van der Waals surface area contributed by atoms with Crippen molar-refractivity contribution in [1.29, 1.82) is 0 Å². The van der Waals surface area contributed by atoms with E-state index in [0.717, 1.165) is 23.9 Å². The molecule has 3 nitrogen and oxygen atoms in total. The number of nitrogens with zero attached hydrogens (tertiary/aromatic N) is 1. The molecule has 4 heteroatoms. The Labute approximate surface area is 124 Å². The third-order valence-corrected chi connectivity index (χ3v) is 5.07. The van der Waals surface area contributed by atoms with Gasteiger partial charge in [-0.2, -0.15) is 0 Å². The van der Waals surface area contributed by atoms with Crippen LogP contribution >= 0.6 is 11.3 Å². The summed E-state index contributed by atoms with van der Waals surface area (Å²) in [6, 6.07) is 2.01. The van der Waals surface area contributed by atoms with Crippen molar-refractivity contribution in [2.75, 3.05) is 13.1 Å². The van der Waals surface area contributed by atoms with Crippen molar-refractivity contribution in [3.05, 3.63) is 28.5 Å². The first-order valence-corrected chi connectivity index (χ1v) is 8.36. The second kappa shape index (κ2) is 6.10. The van der Waals surface area contributed by atoms with Crippen molar-refractivity contribution in [3.8, 4) is 10.8 Å². The Balaban J connectivity index is 1.83. The first kappa shape index (κ1) is 13.8. The Bertz CT molecular complexity index is 573. The van der Waals surface area contributed by atoms with Crippen molar-refractivity contribution in [2.24, 2.45) is 0 Å². The van der Waals surface area contributed by atoms with Gasteiger partial charge in [0.15, 0.2) is 10.8 Å². The van der Waals surface area contributed by atoms with Crippen LogP contribution in [0.5, 0.6) is 0 Å². The Morgan fingerprint density at radius 2 is 2.40 bits per heavy atom. The fourth-order valence-corrected chi connectivity index (χ4v) is 4.09. The lowest BCUT2D eigenvalue weighted by atomic mass is 9.91. The van der Waals surface area contributed by atoms with E-state index in [1.165, 1.54) is 41.8 Å². The lowest BCUT2D eigenvalue weighted by Crippen LogP contribution is -2.24. The number of aryl methyl sites for hydroxylation is 2. The van der Waals surface area contributed by atoms with E-state index in [1.54, 1.807) is 6.26 Å². The molecule has 108 valence electrons. The van der Waals surface area contributed by atoms with Crippen molar-refractivity contribution in [1.82, 2.24) is 10.3 Å². The molecular formula is C16H22N2OS. The summed E-state index contributed by atoms with van der Waals surface area (Å²) in [5, 5.41) is 4.60. The first-order chi connectivity index (χ1) is 9.79. The van der Waals surface area contributed by atoms with Crippen LogP contribution < -0.4 is 5.32 Å². The van der Waals surface area contributed by atoms with E-state index in [2.05, 4.69) is 19.2 Å². The second-order valence-electron chi connectivity index (χ2n) is 5.55. The first-order valence-electron chi connectivity index (χ1n) is 7.54. The van der Waals surface area contributed by atoms with Crippen LogP contribution in [0.4, 0.5) is 0 Å². The van der Waals surface area contributed by atoms with Gasteiger partial charge in [0.05, 0.1) is 12.0 Å². The van der Waals surface area contributed by atoms with Crippen molar-refractivity contribution >= 4 is 11.3 Å². The molecule has 3 rings (SSSR count). The summed E-state index contributed by atoms with van der Waals surface area (Å²) in [6.07, 6.45) is 6.66. The summed E-state index contributed by atoms with van der Waals surface area (Å²) >= 11 is 1.82. The van der Waals surface area contributed by atoms with Gasteiger partial charge in [-0.25, -0.2) is 4.98 Å². The fraction of sp³-hybridized carbons (Fsp3) is 0.562. The van der Waals surface area contributed by atoms with Crippen LogP contribution in [0.3, 0.4) is 0 Å². The maximum absolute atomic E-state index is 5.59. The van der Waals surface area contributed by atoms with Crippen molar-refractivity contribution in [2.45, 2.75) is 45.4 Å². The van der Waals surface area contributed by atoms with E-state index in [4.69, 9.17) is 9.40 Å². The number of hydrogen-bond donors (Lipinski definition) is 1. The SMILES string of the molecule is CCCNCC1CCCc2sc(-c3occc3C)nc21. The number of hydrogen-bond acceptors (Lipinski definition) is 4. The van der Waals surface area contributed by atoms with Crippen LogP contribution in [0.15, 0.2) is 16.7 Å². The molecule has 0 aliphatic heterocycles. The van der Waals surface area contributed by atoms with Gasteiger partial charge in [0.1, 0.15) is 0 Å². The third-order valence-electron chi connectivity index (χ3n) is 3.94. The minimum atomic E-state index is 0.575. The molecule has 0 amide bonds. The number of thiazole rings is 1. The van der Waals surface area contributed by atoms with Gasteiger partial charge < -0.3 is 9.73 Å². The number of rotatable bonds is 5. The largest absolute Gasteiger partial charge is 0.462 e. The highest BCUT2D eigenvalue weighted by atomic mass is 32.1. The highest BCUT2D eigenvalue weighted by molar-refractivity contribution is 7.15. The van der Waals surface area contributed by atoms with Gasteiger partial charge in [0.2, 0.25) is 0 Å². The topological polar surface area (TPSA) is 38.1 Å². The van der Waals surface area contributed by atoms with Crippen LogP contribution in [0.1, 0.15) is 48.2 Å². The number of furan rings is 1. The zero-order valence-electron chi connectivity index (χ0n) is 12.2. The van der Waals surface area contributed by atoms with Gasteiger partial charge in [0.25, 0.3) is 0 Å². The molecule has 0 aromatic carbocycles. The molecule has 0 spiro atoms. The lowest BCUT2D eigenvalue weighted by Gasteiger charge is -2.21. The molecule has 1 N–H and O–H groups in total. The summed E-state index contributed by atoms with van der Waals surface area (Å²) in [5.41, 5.74) is 2.49. The Kier molecular flexibility index (Phi) is 4.22. The Morgan fingerprint density at radius 1 is 1.50 bits per heavy atom. The van der Waals surface area contributed by atoms with E-state index < -0.39 is 0 Å².